The first-order valence-corrected chi connectivity index (χ1v) is 9.48. The number of nitrogens with zero attached hydrogens (tertiary/aromatic N) is 3. The van der Waals surface area contributed by atoms with Crippen LogP contribution in [0.1, 0.15) is 11.1 Å². The Kier molecular flexibility index (Phi) is 4.28. The number of para-hydroxylation sites is 1. The Morgan fingerprint density at radius 3 is 2.20 bits per heavy atom. The van der Waals surface area contributed by atoms with Gasteiger partial charge >= 0.3 is 0 Å². The zero-order chi connectivity index (χ0) is 20.6. The quantitative estimate of drug-likeness (QED) is 0.502. The molecule has 0 aliphatic carbocycles. The molecule has 0 radical (unpaired) electrons. The fraction of sp³-hybridized carbons (Fsp3) is 0. The van der Waals surface area contributed by atoms with Crippen LogP contribution < -0.4 is 10.6 Å². The van der Waals surface area contributed by atoms with E-state index in [1.54, 1.807) is 30.7 Å². The third-order valence-corrected chi connectivity index (χ3v) is 5.03. The molecule has 2 aliphatic rings. The van der Waals surface area contributed by atoms with Crippen molar-refractivity contribution < 1.29 is 14.4 Å². The van der Waals surface area contributed by atoms with Crippen LogP contribution in [0.15, 0.2) is 107 Å². The third kappa shape index (κ3) is 3.10. The lowest BCUT2D eigenvalue weighted by molar-refractivity contribution is -0.749. The fourth-order valence-corrected chi connectivity index (χ4v) is 3.51. The van der Waals surface area contributed by atoms with E-state index in [1.807, 2.05) is 66.7 Å². The Balaban J connectivity index is 1.51. The Morgan fingerprint density at radius 2 is 1.47 bits per heavy atom. The van der Waals surface area contributed by atoms with Gasteiger partial charge in [0.05, 0.1) is 18.0 Å². The van der Waals surface area contributed by atoms with Crippen LogP contribution in [-0.2, 0) is 0 Å². The number of ether oxygens (including phenoxy) is 1. The normalized spacial score (nSPS) is 19.6. The van der Waals surface area contributed by atoms with Crippen LogP contribution in [0.25, 0.3) is 5.70 Å². The lowest BCUT2D eigenvalue weighted by Gasteiger charge is -2.26. The fourth-order valence-electron chi connectivity index (χ4n) is 3.51. The number of benzene rings is 3. The van der Waals surface area contributed by atoms with Gasteiger partial charge in [0, 0.05) is 5.56 Å². The van der Waals surface area contributed by atoms with Gasteiger partial charge in [0.2, 0.25) is 5.70 Å². The van der Waals surface area contributed by atoms with Gasteiger partial charge in [0.1, 0.15) is 29.1 Å². The number of amidine groups is 1. The Bertz CT molecular complexity index is 1210. The zero-order valence-electron chi connectivity index (χ0n) is 16.0. The highest BCUT2D eigenvalue weighted by Crippen LogP contribution is 2.36. The van der Waals surface area contributed by atoms with Crippen molar-refractivity contribution in [3.8, 4) is 17.2 Å². The molecule has 1 atom stereocenters. The van der Waals surface area contributed by atoms with Gasteiger partial charge in [-0.1, -0.05) is 18.2 Å². The van der Waals surface area contributed by atoms with E-state index in [2.05, 4.69) is 4.99 Å². The summed E-state index contributed by atoms with van der Waals surface area (Å²) in [5.74, 6) is 9.14. The van der Waals surface area contributed by atoms with Crippen molar-refractivity contribution in [3.63, 3.8) is 0 Å². The Hall–Kier alpha value is -4.00. The van der Waals surface area contributed by atoms with Crippen molar-refractivity contribution in [2.45, 2.75) is 0 Å². The highest BCUT2D eigenvalue weighted by atomic mass is 16.5. The Labute approximate surface area is 173 Å². The number of hydrogen-bond donors (Lipinski definition) is 2. The van der Waals surface area contributed by atoms with Crippen molar-refractivity contribution in [2.24, 2.45) is 15.8 Å². The lowest BCUT2D eigenvalue weighted by atomic mass is 10.1. The molecule has 146 valence electrons. The van der Waals surface area contributed by atoms with E-state index in [-0.39, 0.29) is 10.3 Å². The summed E-state index contributed by atoms with van der Waals surface area (Å²) in [7, 11) is 0. The van der Waals surface area contributed by atoms with Gasteiger partial charge in [0.25, 0.3) is 5.84 Å². The highest BCUT2D eigenvalue weighted by molar-refractivity contribution is 6.06. The average molecular weight is 395 g/mol. The van der Waals surface area contributed by atoms with Crippen molar-refractivity contribution >= 4 is 17.7 Å². The highest BCUT2D eigenvalue weighted by Gasteiger charge is 2.44. The molecule has 3 aromatic rings. The second kappa shape index (κ2) is 7.11. The zero-order valence-corrected chi connectivity index (χ0v) is 16.0. The molecular weight excluding hydrogens is 376 g/mol. The molecule has 6 heteroatoms. The molecule has 3 N–H and O–H groups in total. The number of aliphatic imine (C=N–C) groups is 2. The minimum atomic E-state index is -0.0708. The molecule has 0 aromatic heterocycles. The molecule has 0 bridgehead atoms. The van der Waals surface area contributed by atoms with E-state index in [0.29, 0.717) is 5.84 Å². The van der Waals surface area contributed by atoms with Gasteiger partial charge in [-0.05, 0) is 60.7 Å². The topological polar surface area (TPSA) is 80.2 Å². The predicted octanol–water partition coefficient (Wildman–Crippen LogP) is 4.56. The van der Waals surface area contributed by atoms with E-state index in [1.165, 1.54) is 0 Å². The van der Waals surface area contributed by atoms with Crippen molar-refractivity contribution in [1.29, 1.82) is 0 Å². The first kappa shape index (κ1) is 18.1. The van der Waals surface area contributed by atoms with Crippen LogP contribution in [0.5, 0.6) is 17.2 Å². The summed E-state index contributed by atoms with van der Waals surface area (Å²) in [5, 5.41) is 9.61. The van der Waals surface area contributed by atoms with E-state index in [4.69, 9.17) is 15.6 Å². The van der Waals surface area contributed by atoms with Crippen LogP contribution in [0.2, 0.25) is 0 Å². The minimum absolute atomic E-state index is 0.0708. The first-order valence-electron chi connectivity index (χ1n) is 9.48. The monoisotopic (exact) mass is 395 g/mol. The van der Waals surface area contributed by atoms with Crippen LogP contribution in [0.3, 0.4) is 0 Å². The molecular formula is C24H19N4O2+. The maximum Gasteiger partial charge on any atom is 0.265 e. The molecule has 0 saturated heterocycles. The SMILES string of the molecule is N[N+]12C=CN=CC1=C(c1ccc(O)cc1)N=C2c1ccc(Oc2ccccc2)cc1. The van der Waals surface area contributed by atoms with Crippen molar-refractivity contribution in [2.75, 3.05) is 0 Å². The van der Waals surface area contributed by atoms with E-state index >= 15 is 0 Å². The van der Waals surface area contributed by atoms with E-state index in [0.717, 1.165) is 34.0 Å². The second-order valence-electron chi connectivity index (χ2n) is 7.01. The molecule has 0 amide bonds. The van der Waals surface area contributed by atoms with Gasteiger partial charge in [-0.3, -0.25) is 4.99 Å². The summed E-state index contributed by atoms with van der Waals surface area (Å²) in [6, 6.07) is 24.2. The molecule has 0 spiro atoms. The molecule has 0 saturated carbocycles. The molecule has 3 aromatic carbocycles. The lowest BCUT2D eigenvalue weighted by Crippen LogP contribution is -2.53. The van der Waals surface area contributed by atoms with Gasteiger partial charge < -0.3 is 9.84 Å². The number of aromatic hydroxyl groups is 1. The number of nitrogens with two attached hydrogens (primary N) is 1. The van der Waals surface area contributed by atoms with Crippen molar-refractivity contribution in [3.05, 3.63) is 108 Å². The van der Waals surface area contributed by atoms with Gasteiger partial charge in [-0.2, -0.15) is 10.8 Å². The summed E-state index contributed by atoms with van der Waals surface area (Å²) in [5.41, 5.74) is 3.23. The molecule has 2 heterocycles. The maximum absolute atomic E-state index is 9.61. The smallest absolute Gasteiger partial charge is 0.265 e. The number of phenols is 1. The van der Waals surface area contributed by atoms with Crippen LogP contribution >= 0.6 is 0 Å². The predicted molar refractivity (Wildman–Crippen MR) is 117 cm³/mol. The maximum atomic E-state index is 9.61. The standard InChI is InChI=1S/C24H18N4O2/c25-28-15-14-26-16-22(28)23(17-6-10-19(29)11-7-17)27-24(28)18-8-12-21(13-9-18)30-20-4-2-1-3-5-20/h1-16H,25H2/p+1. The average Bonchev–Trinajstić information content (AvgIpc) is 3.09. The number of rotatable bonds is 4. The Morgan fingerprint density at radius 1 is 0.800 bits per heavy atom. The summed E-state index contributed by atoms with van der Waals surface area (Å²) >= 11 is 0. The van der Waals surface area contributed by atoms with Crippen LogP contribution in [0, 0.1) is 0 Å². The molecule has 6 nitrogen and oxygen atoms in total. The van der Waals surface area contributed by atoms with Gasteiger partial charge in [-0.25, -0.2) is 0 Å². The summed E-state index contributed by atoms with van der Waals surface area (Å²) in [6.45, 7) is 0. The minimum Gasteiger partial charge on any atom is -0.508 e. The van der Waals surface area contributed by atoms with E-state index in [9.17, 15) is 5.11 Å². The van der Waals surface area contributed by atoms with E-state index < -0.39 is 0 Å². The molecule has 5 rings (SSSR count). The largest absolute Gasteiger partial charge is 0.508 e. The summed E-state index contributed by atoms with van der Waals surface area (Å²) in [4.78, 5) is 9.11. The van der Waals surface area contributed by atoms with Crippen LogP contribution in [-0.4, -0.2) is 21.7 Å². The molecule has 1 unspecified atom stereocenters. The first-order chi connectivity index (χ1) is 14.6. The van der Waals surface area contributed by atoms with Gasteiger partial charge in [-0.15, -0.1) is 4.59 Å². The third-order valence-electron chi connectivity index (χ3n) is 5.03. The van der Waals surface area contributed by atoms with Gasteiger partial charge in [0.15, 0.2) is 0 Å². The summed E-state index contributed by atoms with van der Waals surface area (Å²) < 4.78 is 5.81. The number of fused-ring (bicyclic) bond motifs is 1. The molecule has 0 fully saturated rings. The number of phenolic OH excluding ortho intramolecular Hbond substituents is 1. The number of quaternary nitrogens is 1. The van der Waals surface area contributed by atoms with Crippen LogP contribution in [0.4, 0.5) is 0 Å². The van der Waals surface area contributed by atoms with Crippen molar-refractivity contribution in [1.82, 2.24) is 0 Å². The second-order valence-corrected chi connectivity index (χ2v) is 7.01. The number of hydrogen-bond acceptors (Lipinski definition) is 5. The molecule has 30 heavy (non-hydrogen) atoms. The molecule has 2 aliphatic heterocycles. The summed E-state index contributed by atoms with van der Waals surface area (Å²) in [6.07, 6.45) is 5.20. The number of allylic oxidation sites excluding steroid dienone is 1.